The molecule has 0 aromatic heterocycles. The topological polar surface area (TPSA) is 49.9 Å². The highest BCUT2D eigenvalue weighted by Gasteiger charge is 2.16. The van der Waals surface area contributed by atoms with Crippen LogP contribution in [0.1, 0.15) is 12.5 Å². The maximum absolute atomic E-state index is 12.2. The minimum atomic E-state index is -0.341. The summed E-state index contributed by atoms with van der Waals surface area (Å²) >= 11 is 0. The standard InChI is InChI=1S/C15H22N2O3/c1-4-17(10-13-8-6-5-7-9-13)14(18)11-16(2)12-15(19)20-3/h5-9H,4,10-12H2,1-3H3. The molecule has 1 amide bonds. The van der Waals surface area contributed by atoms with Crippen LogP contribution >= 0.6 is 0 Å². The molecule has 0 saturated carbocycles. The Morgan fingerprint density at radius 3 is 2.35 bits per heavy atom. The average molecular weight is 278 g/mol. The molecule has 0 aliphatic carbocycles. The van der Waals surface area contributed by atoms with Gasteiger partial charge in [0.1, 0.15) is 0 Å². The van der Waals surface area contributed by atoms with Gasteiger partial charge in [-0.1, -0.05) is 30.3 Å². The largest absolute Gasteiger partial charge is 0.468 e. The van der Waals surface area contributed by atoms with E-state index in [1.165, 1.54) is 7.11 Å². The highest BCUT2D eigenvalue weighted by molar-refractivity contribution is 5.79. The summed E-state index contributed by atoms with van der Waals surface area (Å²) in [5, 5.41) is 0. The van der Waals surface area contributed by atoms with Crippen molar-refractivity contribution in [3.63, 3.8) is 0 Å². The van der Waals surface area contributed by atoms with Crippen molar-refractivity contribution in [2.45, 2.75) is 13.5 Å². The summed E-state index contributed by atoms with van der Waals surface area (Å²) in [5.41, 5.74) is 1.10. The van der Waals surface area contributed by atoms with Crippen LogP contribution in [-0.4, -0.2) is 55.5 Å². The molecule has 0 aliphatic rings. The highest BCUT2D eigenvalue weighted by Crippen LogP contribution is 2.05. The first-order chi connectivity index (χ1) is 9.56. The van der Waals surface area contributed by atoms with Gasteiger partial charge in [-0.15, -0.1) is 0 Å². The molecular formula is C15H22N2O3. The van der Waals surface area contributed by atoms with Crippen LogP contribution in [0.2, 0.25) is 0 Å². The molecule has 0 bridgehead atoms. The summed E-state index contributed by atoms with van der Waals surface area (Å²) in [6.45, 7) is 3.49. The molecule has 110 valence electrons. The first-order valence-electron chi connectivity index (χ1n) is 6.63. The normalized spacial score (nSPS) is 10.4. The van der Waals surface area contributed by atoms with E-state index in [-0.39, 0.29) is 25.0 Å². The minimum Gasteiger partial charge on any atom is -0.468 e. The molecule has 0 radical (unpaired) electrons. The number of nitrogens with zero attached hydrogens (tertiary/aromatic N) is 2. The van der Waals surface area contributed by atoms with Gasteiger partial charge < -0.3 is 9.64 Å². The zero-order chi connectivity index (χ0) is 15.0. The van der Waals surface area contributed by atoms with Crippen molar-refractivity contribution >= 4 is 11.9 Å². The minimum absolute atomic E-state index is 0.00255. The summed E-state index contributed by atoms with van der Waals surface area (Å²) in [4.78, 5) is 26.8. The molecule has 1 rings (SSSR count). The second-order valence-corrected chi connectivity index (χ2v) is 4.64. The van der Waals surface area contributed by atoms with E-state index in [1.54, 1.807) is 16.8 Å². The molecule has 0 atom stereocenters. The molecular weight excluding hydrogens is 256 g/mol. The third-order valence-electron chi connectivity index (χ3n) is 2.98. The molecule has 0 spiro atoms. The summed E-state index contributed by atoms with van der Waals surface area (Å²) in [6, 6.07) is 9.85. The number of likely N-dealkylation sites (N-methyl/N-ethyl adjacent to an activating group) is 2. The lowest BCUT2D eigenvalue weighted by Crippen LogP contribution is -2.40. The highest BCUT2D eigenvalue weighted by atomic mass is 16.5. The van der Waals surface area contributed by atoms with Crippen molar-refractivity contribution in [3.8, 4) is 0 Å². The number of hydrogen-bond acceptors (Lipinski definition) is 4. The number of ether oxygens (including phenoxy) is 1. The number of hydrogen-bond donors (Lipinski definition) is 0. The lowest BCUT2D eigenvalue weighted by Gasteiger charge is -2.24. The quantitative estimate of drug-likeness (QED) is 0.702. The van der Waals surface area contributed by atoms with Crippen molar-refractivity contribution < 1.29 is 14.3 Å². The van der Waals surface area contributed by atoms with Gasteiger partial charge in [0.15, 0.2) is 0 Å². The van der Waals surface area contributed by atoms with Crippen LogP contribution in [0.25, 0.3) is 0 Å². The molecule has 1 aromatic rings. The fraction of sp³-hybridized carbons (Fsp3) is 0.467. The van der Waals surface area contributed by atoms with Gasteiger partial charge in [0.2, 0.25) is 5.91 Å². The van der Waals surface area contributed by atoms with Crippen molar-refractivity contribution in [2.75, 3.05) is 33.8 Å². The summed E-state index contributed by atoms with van der Waals surface area (Å²) in [6.07, 6.45) is 0. The monoisotopic (exact) mass is 278 g/mol. The zero-order valence-electron chi connectivity index (χ0n) is 12.3. The molecule has 0 saturated heterocycles. The van der Waals surface area contributed by atoms with Crippen LogP contribution in [0.3, 0.4) is 0 Å². The van der Waals surface area contributed by atoms with Crippen molar-refractivity contribution in [1.82, 2.24) is 9.80 Å². The molecule has 0 fully saturated rings. The Morgan fingerprint density at radius 2 is 1.80 bits per heavy atom. The number of amides is 1. The Hall–Kier alpha value is -1.88. The molecule has 20 heavy (non-hydrogen) atoms. The first-order valence-corrected chi connectivity index (χ1v) is 6.63. The van der Waals surface area contributed by atoms with E-state index < -0.39 is 0 Å². The molecule has 0 aliphatic heterocycles. The Morgan fingerprint density at radius 1 is 1.15 bits per heavy atom. The Bertz CT molecular complexity index is 434. The Kier molecular flexibility index (Phi) is 6.73. The summed E-state index contributed by atoms with van der Waals surface area (Å²) < 4.78 is 4.58. The van der Waals surface area contributed by atoms with Gasteiger partial charge in [-0.3, -0.25) is 14.5 Å². The smallest absolute Gasteiger partial charge is 0.319 e. The van der Waals surface area contributed by atoms with E-state index in [9.17, 15) is 9.59 Å². The van der Waals surface area contributed by atoms with Gasteiger partial charge in [0.05, 0.1) is 20.2 Å². The van der Waals surface area contributed by atoms with Gasteiger partial charge in [-0.2, -0.15) is 0 Å². The fourth-order valence-corrected chi connectivity index (χ4v) is 1.85. The second-order valence-electron chi connectivity index (χ2n) is 4.64. The van der Waals surface area contributed by atoms with Crippen molar-refractivity contribution in [1.29, 1.82) is 0 Å². The van der Waals surface area contributed by atoms with Crippen LogP contribution in [-0.2, 0) is 20.9 Å². The van der Waals surface area contributed by atoms with Crippen molar-refractivity contribution in [3.05, 3.63) is 35.9 Å². The van der Waals surface area contributed by atoms with E-state index in [4.69, 9.17) is 0 Å². The lowest BCUT2D eigenvalue weighted by molar-refractivity contribution is -0.142. The fourth-order valence-electron chi connectivity index (χ4n) is 1.85. The van der Waals surface area contributed by atoms with Gasteiger partial charge in [-0.05, 0) is 19.5 Å². The number of rotatable bonds is 7. The molecule has 5 heteroatoms. The predicted octanol–water partition coefficient (Wildman–Crippen LogP) is 1.14. The van der Waals surface area contributed by atoms with Gasteiger partial charge in [0, 0.05) is 13.1 Å². The maximum Gasteiger partial charge on any atom is 0.319 e. The van der Waals surface area contributed by atoms with E-state index >= 15 is 0 Å². The van der Waals surface area contributed by atoms with Gasteiger partial charge in [-0.25, -0.2) is 0 Å². The summed E-state index contributed by atoms with van der Waals surface area (Å²) in [5.74, 6) is -0.339. The van der Waals surface area contributed by atoms with Crippen LogP contribution in [0.5, 0.6) is 0 Å². The predicted molar refractivity (Wildman–Crippen MR) is 77.0 cm³/mol. The Labute approximate surface area is 120 Å². The van der Waals surface area contributed by atoms with Gasteiger partial charge >= 0.3 is 5.97 Å². The van der Waals surface area contributed by atoms with Gasteiger partial charge in [0.25, 0.3) is 0 Å². The number of carbonyl (C=O) groups is 2. The summed E-state index contributed by atoms with van der Waals surface area (Å²) in [7, 11) is 3.07. The third kappa shape index (κ3) is 5.40. The molecule has 0 N–H and O–H groups in total. The lowest BCUT2D eigenvalue weighted by atomic mass is 10.2. The number of benzene rings is 1. The second kappa shape index (κ2) is 8.32. The van der Waals surface area contributed by atoms with E-state index in [2.05, 4.69) is 4.74 Å². The van der Waals surface area contributed by atoms with E-state index in [0.29, 0.717) is 13.1 Å². The third-order valence-corrected chi connectivity index (χ3v) is 2.98. The average Bonchev–Trinajstić information content (AvgIpc) is 2.45. The van der Waals surface area contributed by atoms with E-state index in [1.807, 2.05) is 37.3 Å². The first kappa shape index (κ1) is 16.2. The molecule has 0 unspecified atom stereocenters. The Balaban J connectivity index is 2.52. The van der Waals surface area contributed by atoms with Crippen LogP contribution in [0.4, 0.5) is 0 Å². The number of carbonyl (C=O) groups excluding carboxylic acids is 2. The molecule has 5 nitrogen and oxygen atoms in total. The molecule has 1 aromatic carbocycles. The van der Waals surface area contributed by atoms with Crippen molar-refractivity contribution in [2.24, 2.45) is 0 Å². The maximum atomic E-state index is 12.2. The van der Waals surface area contributed by atoms with Crippen LogP contribution in [0, 0.1) is 0 Å². The molecule has 0 heterocycles. The van der Waals surface area contributed by atoms with Crippen LogP contribution < -0.4 is 0 Å². The van der Waals surface area contributed by atoms with E-state index in [0.717, 1.165) is 5.56 Å². The number of methoxy groups -OCH3 is 1. The van der Waals surface area contributed by atoms with Crippen LogP contribution in [0.15, 0.2) is 30.3 Å². The number of esters is 1. The SMILES string of the molecule is CCN(Cc1ccccc1)C(=O)CN(C)CC(=O)OC. The zero-order valence-corrected chi connectivity index (χ0v) is 12.3.